The minimum absolute atomic E-state index is 0.000672. The summed E-state index contributed by atoms with van der Waals surface area (Å²) >= 11 is 1.67. The van der Waals surface area contributed by atoms with Crippen LogP contribution in [0.4, 0.5) is 0 Å². The van der Waals surface area contributed by atoms with E-state index in [0.717, 1.165) is 58.4 Å². The Morgan fingerprint density at radius 2 is 1.55 bits per heavy atom. The molecule has 0 bridgehead atoms. The first-order chi connectivity index (χ1) is 21.4. The standard InChI is InChI=1S/C35H43NO7S/c37-18-19-44-24-31-21-32(28-12-10-25(23-38)11-13-28)43-35(42-31)29-16-14-27(15-17-29)30-7-5-6-26(20-30)22-36-33(39)8-3-1-2-4-9-34(40)41/h5-7,10-17,20,31-32,35,37-38H,1-4,8-9,18-19,21-24H2,(H,36,39)(H,40,41)/t31-,32+,35+/m1/s1. The maximum Gasteiger partial charge on any atom is 0.303 e. The predicted molar refractivity (Wildman–Crippen MR) is 172 cm³/mol. The van der Waals surface area contributed by atoms with Gasteiger partial charge in [0.1, 0.15) is 0 Å². The topological polar surface area (TPSA) is 125 Å². The number of amides is 1. The number of unbranched alkanes of at least 4 members (excludes halogenated alkanes) is 3. The second-order valence-corrected chi connectivity index (χ2v) is 12.2. The Morgan fingerprint density at radius 3 is 2.25 bits per heavy atom. The summed E-state index contributed by atoms with van der Waals surface area (Å²) in [5.74, 6) is 0.651. The quantitative estimate of drug-likeness (QED) is 0.132. The van der Waals surface area contributed by atoms with Gasteiger partial charge in [0.25, 0.3) is 0 Å². The summed E-state index contributed by atoms with van der Waals surface area (Å²) in [7, 11) is 0. The van der Waals surface area contributed by atoms with Gasteiger partial charge in [-0.25, -0.2) is 0 Å². The van der Waals surface area contributed by atoms with Crippen LogP contribution in [-0.4, -0.2) is 51.4 Å². The number of aliphatic hydroxyl groups excluding tert-OH is 2. The molecule has 0 radical (unpaired) electrons. The SMILES string of the molecule is O=C(O)CCCCCCC(=O)NCc1cccc(-c2ccc([C@H]3O[C@@H](CSCCO)C[C@@H](c4ccc(CO)cc4)O3)cc2)c1. The van der Waals surface area contributed by atoms with Gasteiger partial charge in [-0.1, -0.05) is 79.6 Å². The van der Waals surface area contributed by atoms with Gasteiger partial charge >= 0.3 is 5.97 Å². The normalized spacial score (nSPS) is 18.2. The highest BCUT2D eigenvalue weighted by molar-refractivity contribution is 7.99. The second kappa shape index (κ2) is 17.9. The fraction of sp³-hybridized carbons (Fsp3) is 0.429. The van der Waals surface area contributed by atoms with Crippen molar-refractivity contribution in [2.45, 2.75) is 76.6 Å². The molecule has 0 aliphatic carbocycles. The van der Waals surface area contributed by atoms with Crippen LogP contribution in [0.25, 0.3) is 11.1 Å². The molecule has 236 valence electrons. The molecule has 1 heterocycles. The number of ether oxygens (including phenoxy) is 2. The highest BCUT2D eigenvalue weighted by Crippen LogP contribution is 2.39. The molecular weight excluding hydrogens is 578 g/mol. The average molecular weight is 622 g/mol. The van der Waals surface area contributed by atoms with Gasteiger partial charge in [-0.2, -0.15) is 11.8 Å². The van der Waals surface area contributed by atoms with Crippen molar-refractivity contribution in [2.24, 2.45) is 0 Å². The molecule has 1 fully saturated rings. The van der Waals surface area contributed by atoms with Gasteiger partial charge in [-0.05, 0) is 46.7 Å². The van der Waals surface area contributed by atoms with E-state index in [1.54, 1.807) is 11.8 Å². The third-order valence-corrected chi connectivity index (χ3v) is 8.71. The van der Waals surface area contributed by atoms with Gasteiger partial charge in [0.15, 0.2) is 6.29 Å². The number of nitrogens with one attached hydrogen (secondary N) is 1. The Morgan fingerprint density at radius 1 is 0.818 bits per heavy atom. The number of benzene rings is 3. The van der Waals surface area contributed by atoms with Gasteiger partial charge in [-0.15, -0.1) is 0 Å². The Bertz CT molecular complexity index is 1320. The van der Waals surface area contributed by atoms with Gasteiger partial charge in [0, 0.05) is 42.9 Å². The lowest BCUT2D eigenvalue weighted by molar-refractivity contribution is -0.245. The second-order valence-electron chi connectivity index (χ2n) is 11.1. The summed E-state index contributed by atoms with van der Waals surface area (Å²) in [6.07, 6.45) is 3.70. The first-order valence-corrected chi connectivity index (χ1v) is 16.5. The maximum absolute atomic E-state index is 12.3. The molecule has 1 aliphatic heterocycles. The van der Waals surface area contributed by atoms with Crippen LogP contribution in [0.1, 0.15) is 79.6 Å². The lowest BCUT2D eigenvalue weighted by atomic mass is 9.99. The molecule has 3 aromatic rings. The van der Waals surface area contributed by atoms with E-state index < -0.39 is 12.3 Å². The number of hydrogen-bond acceptors (Lipinski definition) is 7. The first-order valence-electron chi connectivity index (χ1n) is 15.3. The van der Waals surface area contributed by atoms with Crippen molar-refractivity contribution >= 4 is 23.6 Å². The summed E-state index contributed by atoms with van der Waals surface area (Å²) in [5.41, 5.74) is 5.94. The number of carboxylic acids is 1. The highest BCUT2D eigenvalue weighted by atomic mass is 32.2. The highest BCUT2D eigenvalue weighted by Gasteiger charge is 2.32. The van der Waals surface area contributed by atoms with Crippen molar-refractivity contribution in [3.05, 3.63) is 95.1 Å². The van der Waals surface area contributed by atoms with Gasteiger partial charge in [0.05, 0.1) is 25.4 Å². The first kappa shape index (κ1) is 33.7. The molecule has 0 aromatic heterocycles. The van der Waals surface area contributed by atoms with E-state index in [2.05, 4.69) is 23.5 Å². The summed E-state index contributed by atoms with van der Waals surface area (Å²) < 4.78 is 12.8. The number of thioether (sulfide) groups is 1. The monoisotopic (exact) mass is 621 g/mol. The van der Waals surface area contributed by atoms with Crippen LogP contribution in [0.2, 0.25) is 0 Å². The van der Waals surface area contributed by atoms with Crippen LogP contribution in [0.15, 0.2) is 72.8 Å². The van der Waals surface area contributed by atoms with E-state index in [4.69, 9.17) is 14.6 Å². The van der Waals surface area contributed by atoms with Crippen molar-refractivity contribution in [1.82, 2.24) is 5.32 Å². The number of carbonyl (C=O) groups is 2. The summed E-state index contributed by atoms with van der Waals surface area (Å²) in [6.45, 7) is 0.584. The number of aliphatic hydroxyl groups is 2. The van der Waals surface area contributed by atoms with Gasteiger partial charge in [-0.3, -0.25) is 9.59 Å². The zero-order chi connectivity index (χ0) is 31.1. The fourth-order valence-electron chi connectivity index (χ4n) is 5.20. The van der Waals surface area contributed by atoms with Crippen molar-refractivity contribution in [2.75, 3.05) is 18.1 Å². The average Bonchev–Trinajstić information content (AvgIpc) is 3.05. The number of carboxylic acid groups (broad SMARTS) is 1. The summed E-state index contributed by atoms with van der Waals surface area (Å²) in [5, 5.41) is 30.3. The number of rotatable bonds is 17. The van der Waals surface area contributed by atoms with Crippen molar-refractivity contribution < 1.29 is 34.4 Å². The minimum atomic E-state index is -0.775. The zero-order valence-corrected chi connectivity index (χ0v) is 25.8. The Labute approximate surface area is 263 Å². The van der Waals surface area contributed by atoms with E-state index in [1.165, 1.54) is 0 Å². The van der Waals surface area contributed by atoms with Crippen LogP contribution in [0.3, 0.4) is 0 Å². The van der Waals surface area contributed by atoms with Gasteiger partial charge < -0.3 is 30.1 Å². The molecule has 3 aromatic carbocycles. The molecule has 8 nitrogen and oxygen atoms in total. The van der Waals surface area contributed by atoms with Crippen LogP contribution < -0.4 is 5.32 Å². The smallest absolute Gasteiger partial charge is 0.303 e. The molecule has 3 atom stereocenters. The molecular formula is C35H43NO7S. The molecule has 0 saturated carbocycles. The van der Waals surface area contributed by atoms with E-state index in [0.29, 0.717) is 31.6 Å². The molecule has 9 heteroatoms. The molecule has 44 heavy (non-hydrogen) atoms. The Kier molecular flexibility index (Phi) is 13.7. The van der Waals surface area contributed by atoms with Gasteiger partial charge in [0.2, 0.25) is 5.91 Å². The Hall–Kier alpha value is -3.21. The minimum Gasteiger partial charge on any atom is -0.481 e. The molecule has 4 N–H and O–H groups in total. The van der Waals surface area contributed by atoms with Crippen LogP contribution in [0.5, 0.6) is 0 Å². The van der Waals surface area contributed by atoms with E-state index >= 15 is 0 Å². The maximum atomic E-state index is 12.3. The number of carbonyl (C=O) groups excluding carboxylic acids is 1. The number of hydrogen-bond donors (Lipinski definition) is 4. The summed E-state index contributed by atoms with van der Waals surface area (Å²) in [6, 6.07) is 24.1. The third kappa shape index (κ3) is 10.7. The lowest BCUT2D eigenvalue weighted by Crippen LogP contribution is -2.31. The fourth-order valence-corrected chi connectivity index (χ4v) is 5.97. The lowest BCUT2D eigenvalue weighted by Gasteiger charge is -2.36. The molecule has 0 unspecified atom stereocenters. The predicted octanol–water partition coefficient (Wildman–Crippen LogP) is 6.16. The molecule has 4 rings (SSSR count). The van der Waals surface area contributed by atoms with E-state index in [-0.39, 0.29) is 37.7 Å². The summed E-state index contributed by atoms with van der Waals surface area (Å²) in [4.78, 5) is 22.9. The van der Waals surface area contributed by atoms with Crippen molar-refractivity contribution in [1.29, 1.82) is 0 Å². The van der Waals surface area contributed by atoms with E-state index in [1.807, 2.05) is 54.6 Å². The molecule has 1 aliphatic rings. The molecule has 1 saturated heterocycles. The van der Waals surface area contributed by atoms with Crippen molar-refractivity contribution in [3.8, 4) is 11.1 Å². The number of aliphatic carboxylic acids is 1. The largest absolute Gasteiger partial charge is 0.481 e. The molecule has 0 spiro atoms. The molecule has 1 amide bonds. The zero-order valence-electron chi connectivity index (χ0n) is 25.0. The van der Waals surface area contributed by atoms with Crippen LogP contribution in [0, 0.1) is 0 Å². The van der Waals surface area contributed by atoms with Crippen LogP contribution in [-0.2, 0) is 32.2 Å². The van der Waals surface area contributed by atoms with Crippen molar-refractivity contribution in [3.63, 3.8) is 0 Å². The van der Waals surface area contributed by atoms with E-state index in [9.17, 15) is 19.8 Å². The van der Waals surface area contributed by atoms with Crippen LogP contribution >= 0.6 is 11.8 Å². The third-order valence-electron chi connectivity index (χ3n) is 7.63. The Balaban J connectivity index is 1.34.